The molecule has 4 rings (SSSR count). The molecule has 0 fully saturated rings. The summed E-state index contributed by atoms with van der Waals surface area (Å²) in [6.07, 6.45) is 3.07. The Morgan fingerprint density at radius 1 is 0.833 bits per heavy atom. The van der Waals surface area contributed by atoms with Gasteiger partial charge in [-0.15, -0.1) is 0 Å². The molecule has 0 radical (unpaired) electrons. The lowest BCUT2D eigenvalue weighted by Gasteiger charge is -2.17. The zero-order valence-corrected chi connectivity index (χ0v) is 27.9. The van der Waals surface area contributed by atoms with E-state index < -0.39 is 5.83 Å². The van der Waals surface area contributed by atoms with Gasteiger partial charge in [0.2, 0.25) is 0 Å². The largest absolute Gasteiger partial charge is 0.496 e. The summed E-state index contributed by atoms with van der Waals surface area (Å²) in [5.74, 6) is 0.607. The Bertz CT molecular complexity index is 1740. The number of carbonyl (C=O) groups excluding carboxylic acids is 1. The average Bonchev–Trinajstić information content (AvgIpc) is 3.10. The smallest absolute Gasteiger partial charge is 0.274 e. The second-order valence-corrected chi connectivity index (χ2v) is 11.0. The van der Waals surface area contributed by atoms with Crippen molar-refractivity contribution in [2.45, 2.75) is 26.9 Å². The second kappa shape index (κ2) is 17.4. The van der Waals surface area contributed by atoms with Crippen LogP contribution in [0.5, 0.6) is 17.2 Å². The van der Waals surface area contributed by atoms with Gasteiger partial charge in [0.15, 0.2) is 0 Å². The standard InChI is InChI=1S/C37H43FN4O6/c1-23-25(16-31(38)26-17-35(47-4)30(22-40-13-15-44)36(18-26)48-5)8-6-9-28(23)29-10-7-11-32(24(29)2)42-37(45)33-19-34(46-3)27(21-41-33)20-39-12-14-43/h6-11,16-19,21,39-40,43-44H,12-15,20,22H2,1-5H3,(H,42,45)/b31-16-. The summed E-state index contributed by atoms with van der Waals surface area (Å²) in [4.78, 5) is 17.6. The van der Waals surface area contributed by atoms with Crippen molar-refractivity contribution < 1.29 is 33.6 Å². The van der Waals surface area contributed by atoms with Gasteiger partial charge in [0, 0.05) is 60.8 Å². The number of aliphatic hydroxyl groups excluding tert-OH is 2. The molecule has 0 spiro atoms. The van der Waals surface area contributed by atoms with Crippen LogP contribution in [-0.2, 0) is 13.1 Å². The van der Waals surface area contributed by atoms with Gasteiger partial charge < -0.3 is 40.4 Å². The van der Waals surface area contributed by atoms with Crippen LogP contribution in [0.3, 0.4) is 0 Å². The molecule has 11 heteroatoms. The third kappa shape index (κ3) is 8.55. The van der Waals surface area contributed by atoms with Crippen molar-refractivity contribution in [3.8, 4) is 28.4 Å². The lowest BCUT2D eigenvalue weighted by Crippen LogP contribution is -2.19. The van der Waals surface area contributed by atoms with E-state index in [-0.39, 0.29) is 24.8 Å². The van der Waals surface area contributed by atoms with E-state index in [0.29, 0.717) is 60.2 Å². The Kier molecular flexibility index (Phi) is 13.0. The molecule has 0 saturated heterocycles. The Balaban J connectivity index is 1.61. The molecule has 3 aromatic carbocycles. The van der Waals surface area contributed by atoms with Crippen molar-refractivity contribution >= 4 is 23.5 Å². The molecule has 1 amide bonds. The quantitative estimate of drug-likeness (QED) is 0.0806. The minimum Gasteiger partial charge on any atom is -0.496 e. The zero-order chi connectivity index (χ0) is 34.6. The van der Waals surface area contributed by atoms with Gasteiger partial charge in [-0.05, 0) is 65.9 Å². The maximum atomic E-state index is 15.8. The predicted molar refractivity (Wildman–Crippen MR) is 186 cm³/mol. The van der Waals surface area contributed by atoms with Gasteiger partial charge in [-0.3, -0.25) is 9.78 Å². The molecule has 48 heavy (non-hydrogen) atoms. The van der Waals surface area contributed by atoms with Crippen LogP contribution in [0.25, 0.3) is 23.0 Å². The van der Waals surface area contributed by atoms with Gasteiger partial charge >= 0.3 is 0 Å². The fraction of sp³-hybridized carbons (Fsp3) is 0.297. The van der Waals surface area contributed by atoms with E-state index in [4.69, 9.17) is 24.4 Å². The highest BCUT2D eigenvalue weighted by Crippen LogP contribution is 2.36. The van der Waals surface area contributed by atoms with E-state index in [1.807, 2.05) is 50.2 Å². The molecule has 1 aromatic heterocycles. The van der Waals surface area contributed by atoms with Gasteiger partial charge in [-0.2, -0.15) is 0 Å². The number of anilines is 1. The number of halogens is 1. The summed E-state index contributed by atoms with van der Waals surface area (Å²) in [6, 6.07) is 16.2. The Labute approximate surface area is 280 Å². The molecule has 0 aliphatic carbocycles. The number of nitrogens with zero attached hydrogens (tertiary/aromatic N) is 1. The van der Waals surface area contributed by atoms with Crippen molar-refractivity contribution in [1.82, 2.24) is 15.6 Å². The third-order valence-corrected chi connectivity index (χ3v) is 8.00. The first-order valence-electron chi connectivity index (χ1n) is 15.6. The number of methoxy groups -OCH3 is 3. The summed E-state index contributed by atoms with van der Waals surface area (Å²) >= 11 is 0. The summed E-state index contributed by atoms with van der Waals surface area (Å²) in [7, 11) is 4.57. The molecule has 0 saturated carbocycles. The first-order chi connectivity index (χ1) is 23.3. The molecule has 0 atom stereocenters. The number of pyridine rings is 1. The van der Waals surface area contributed by atoms with E-state index in [9.17, 15) is 4.79 Å². The van der Waals surface area contributed by atoms with Crippen LogP contribution in [0, 0.1) is 13.8 Å². The molecule has 0 aliphatic heterocycles. The Hall–Kier alpha value is -4.81. The highest BCUT2D eigenvalue weighted by molar-refractivity contribution is 6.04. The summed E-state index contributed by atoms with van der Waals surface area (Å²) in [5, 5.41) is 27.3. The number of amides is 1. The number of rotatable bonds is 16. The van der Waals surface area contributed by atoms with Gasteiger partial charge in [0.1, 0.15) is 28.8 Å². The van der Waals surface area contributed by atoms with Crippen LogP contribution in [0.2, 0.25) is 0 Å². The first kappa shape index (κ1) is 36.0. The molecule has 5 N–H and O–H groups in total. The minimum absolute atomic E-state index is 0.00944. The number of aromatic nitrogens is 1. The highest BCUT2D eigenvalue weighted by Gasteiger charge is 2.18. The number of hydrogen-bond donors (Lipinski definition) is 5. The molecule has 1 heterocycles. The highest BCUT2D eigenvalue weighted by atomic mass is 19.1. The molecule has 4 aromatic rings. The number of aliphatic hydroxyl groups is 2. The number of ether oxygens (including phenoxy) is 3. The van der Waals surface area contributed by atoms with E-state index >= 15 is 4.39 Å². The first-order valence-corrected chi connectivity index (χ1v) is 15.6. The van der Waals surface area contributed by atoms with Crippen LogP contribution in [0.4, 0.5) is 10.1 Å². The van der Waals surface area contributed by atoms with E-state index in [2.05, 4.69) is 20.9 Å². The molecule has 0 unspecified atom stereocenters. The fourth-order valence-electron chi connectivity index (χ4n) is 5.37. The second-order valence-electron chi connectivity index (χ2n) is 11.0. The van der Waals surface area contributed by atoms with Crippen molar-refractivity contribution in [1.29, 1.82) is 0 Å². The van der Waals surface area contributed by atoms with E-state index in [0.717, 1.165) is 33.4 Å². The van der Waals surface area contributed by atoms with Crippen molar-refractivity contribution in [3.63, 3.8) is 0 Å². The van der Waals surface area contributed by atoms with Gasteiger partial charge in [-0.1, -0.05) is 30.3 Å². The lowest BCUT2D eigenvalue weighted by molar-refractivity contribution is 0.102. The summed E-state index contributed by atoms with van der Waals surface area (Å²) in [6.45, 7) is 5.52. The normalized spacial score (nSPS) is 11.4. The topological polar surface area (TPSA) is 134 Å². The third-order valence-electron chi connectivity index (χ3n) is 8.00. The predicted octanol–water partition coefficient (Wildman–Crippen LogP) is 5.27. The molecular weight excluding hydrogens is 615 g/mol. The zero-order valence-electron chi connectivity index (χ0n) is 27.9. The maximum absolute atomic E-state index is 15.8. The van der Waals surface area contributed by atoms with Crippen molar-refractivity contribution in [3.05, 3.63) is 99.9 Å². The molecule has 10 nitrogen and oxygen atoms in total. The average molecular weight is 659 g/mol. The van der Waals surface area contributed by atoms with Crippen molar-refractivity contribution in [2.75, 3.05) is 52.9 Å². The van der Waals surface area contributed by atoms with E-state index in [1.165, 1.54) is 27.4 Å². The van der Waals surface area contributed by atoms with Crippen LogP contribution < -0.4 is 30.2 Å². The van der Waals surface area contributed by atoms with E-state index in [1.54, 1.807) is 24.4 Å². The molecule has 254 valence electrons. The van der Waals surface area contributed by atoms with Gasteiger partial charge in [0.25, 0.3) is 5.91 Å². The van der Waals surface area contributed by atoms with Gasteiger partial charge in [0.05, 0.1) is 34.5 Å². The number of nitrogens with one attached hydrogen (secondary N) is 3. The number of benzene rings is 3. The summed E-state index contributed by atoms with van der Waals surface area (Å²) in [5.41, 5.74) is 6.79. The fourth-order valence-corrected chi connectivity index (χ4v) is 5.37. The molecular formula is C37H43FN4O6. The Morgan fingerprint density at radius 2 is 1.44 bits per heavy atom. The van der Waals surface area contributed by atoms with Crippen LogP contribution in [0.1, 0.15) is 43.9 Å². The van der Waals surface area contributed by atoms with Crippen LogP contribution >= 0.6 is 0 Å². The van der Waals surface area contributed by atoms with Crippen LogP contribution in [-0.4, -0.2) is 68.7 Å². The van der Waals surface area contributed by atoms with Gasteiger partial charge in [-0.25, -0.2) is 4.39 Å². The molecule has 0 bridgehead atoms. The van der Waals surface area contributed by atoms with Crippen molar-refractivity contribution in [2.24, 2.45) is 0 Å². The monoisotopic (exact) mass is 658 g/mol. The number of carbonyl (C=O) groups is 1. The molecule has 0 aliphatic rings. The summed E-state index contributed by atoms with van der Waals surface area (Å²) < 4.78 is 32.4. The lowest BCUT2D eigenvalue weighted by atomic mass is 9.92. The minimum atomic E-state index is -0.461. The SMILES string of the molecule is COc1cc(C(=O)Nc2cccc(-c3cccc(/C=C(\F)c4cc(OC)c(CNCCO)c(OC)c4)c3C)c2C)ncc1CNCCO. The maximum Gasteiger partial charge on any atom is 0.274 e. The van der Waals surface area contributed by atoms with Crippen LogP contribution in [0.15, 0.2) is 60.8 Å². The Morgan fingerprint density at radius 3 is 2.06 bits per heavy atom. The number of hydrogen-bond acceptors (Lipinski definition) is 9.